The van der Waals surface area contributed by atoms with Gasteiger partial charge in [-0.1, -0.05) is 43.0 Å². The maximum absolute atomic E-state index is 13.4. The molecule has 1 aromatic heterocycles. The molecule has 0 atom stereocenters. The molecule has 2 aliphatic carbocycles. The lowest BCUT2D eigenvalue weighted by Gasteiger charge is -2.23. The number of aryl methyl sites for hydroxylation is 1. The van der Waals surface area contributed by atoms with Crippen molar-refractivity contribution in [2.75, 3.05) is 0 Å². The van der Waals surface area contributed by atoms with E-state index < -0.39 is 0 Å². The van der Waals surface area contributed by atoms with Crippen LogP contribution in [0.3, 0.4) is 0 Å². The van der Waals surface area contributed by atoms with Gasteiger partial charge in [0, 0.05) is 27.7 Å². The Balaban J connectivity index is 1.40. The van der Waals surface area contributed by atoms with Crippen LogP contribution >= 0.6 is 22.9 Å². The van der Waals surface area contributed by atoms with E-state index in [0.717, 1.165) is 60.2 Å². The van der Waals surface area contributed by atoms with E-state index in [1.807, 2.05) is 6.07 Å². The van der Waals surface area contributed by atoms with Gasteiger partial charge >= 0.3 is 0 Å². The summed E-state index contributed by atoms with van der Waals surface area (Å²) >= 11 is 7.91. The summed E-state index contributed by atoms with van der Waals surface area (Å²) in [5, 5.41) is 4.62. The molecular formula is C29H30ClFN2O2S. The summed E-state index contributed by atoms with van der Waals surface area (Å²) in [7, 11) is 0. The minimum absolute atomic E-state index is 0.00678. The third kappa shape index (κ3) is 5.98. The lowest BCUT2D eigenvalue weighted by molar-refractivity contribution is 0.0927. The molecule has 0 bridgehead atoms. The van der Waals surface area contributed by atoms with Gasteiger partial charge in [0.1, 0.15) is 23.2 Å². The molecule has 3 aromatic rings. The molecule has 2 aliphatic rings. The SMILES string of the molecule is O=C(NC1CCCCC1)c1c(N=Cc2cc(Cl)ccc2OCc2ccc(F)cc2)sc2c1CCCC2. The van der Waals surface area contributed by atoms with E-state index in [4.69, 9.17) is 21.3 Å². The number of thiophene rings is 1. The maximum Gasteiger partial charge on any atom is 0.254 e. The van der Waals surface area contributed by atoms with Crippen molar-refractivity contribution >= 4 is 40.1 Å². The number of benzene rings is 2. The van der Waals surface area contributed by atoms with Crippen LogP contribution in [0.4, 0.5) is 9.39 Å². The highest BCUT2D eigenvalue weighted by Crippen LogP contribution is 2.40. The minimum Gasteiger partial charge on any atom is -0.488 e. The summed E-state index contributed by atoms with van der Waals surface area (Å²) in [6, 6.07) is 11.9. The van der Waals surface area contributed by atoms with Gasteiger partial charge in [-0.3, -0.25) is 4.79 Å². The third-order valence-corrected chi connectivity index (χ3v) is 8.36. The van der Waals surface area contributed by atoms with Crippen LogP contribution in [0.25, 0.3) is 0 Å². The topological polar surface area (TPSA) is 50.7 Å². The Morgan fingerprint density at radius 1 is 1.08 bits per heavy atom. The average molecular weight is 525 g/mol. The first-order chi connectivity index (χ1) is 17.6. The lowest BCUT2D eigenvalue weighted by Crippen LogP contribution is -2.36. The fourth-order valence-corrected chi connectivity index (χ4v) is 6.41. The number of halogens is 2. The lowest BCUT2D eigenvalue weighted by atomic mass is 9.93. The summed E-state index contributed by atoms with van der Waals surface area (Å²) in [5.74, 6) is 0.356. The van der Waals surface area contributed by atoms with Crippen molar-refractivity contribution < 1.29 is 13.9 Å². The van der Waals surface area contributed by atoms with E-state index in [1.54, 1.807) is 41.8 Å². The van der Waals surface area contributed by atoms with Crippen molar-refractivity contribution in [2.45, 2.75) is 70.4 Å². The van der Waals surface area contributed by atoms with Crippen molar-refractivity contribution in [3.8, 4) is 5.75 Å². The molecule has 7 heteroatoms. The summed E-state index contributed by atoms with van der Waals surface area (Å²) in [6.07, 6.45) is 11.6. The Labute approximate surface area is 220 Å². The standard InChI is InChI=1S/C29H30ClFN2O2S/c30-21-12-15-25(35-18-19-10-13-22(31)14-11-19)20(16-21)17-32-29-27(24-8-4-5-9-26(24)36-29)28(34)33-23-6-2-1-3-7-23/h10-17,23H,1-9,18H2,(H,33,34). The second kappa shape index (κ2) is 11.6. The number of carbonyl (C=O) groups is 1. The van der Waals surface area contributed by atoms with E-state index in [2.05, 4.69) is 5.32 Å². The second-order valence-corrected chi connectivity index (χ2v) is 11.1. The summed E-state index contributed by atoms with van der Waals surface area (Å²) in [5.41, 5.74) is 3.51. The summed E-state index contributed by atoms with van der Waals surface area (Å²) in [4.78, 5) is 19.5. The molecular weight excluding hydrogens is 495 g/mol. The van der Waals surface area contributed by atoms with Crippen LogP contribution in [-0.4, -0.2) is 18.2 Å². The van der Waals surface area contributed by atoms with E-state index >= 15 is 0 Å². The number of aliphatic imine (C=N–C) groups is 1. The van der Waals surface area contributed by atoms with Gasteiger partial charge in [-0.25, -0.2) is 9.38 Å². The van der Waals surface area contributed by atoms with Crippen LogP contribution in [0.1, 0.15) is 76.9 Å². The second-order valence-electron chi connectivity index (χ2n) is 9.55. The zero-order valence-electron chi connectivity index (χ0n) is 20.2. The number of fused-ring (bicyclic) bond motifs is 1. The Bertz CT molecular complexity index is 1250. The van der Waals surface area contributed by atoms with Gasteiger partial charge in [0.25, 0.3) is 5.91 Å². The zero-order valence-corrected chi connectivity index (χ0v) is 21.8. The van der Waals surface area contributed by atoms with Crippen molar-refractivity contribution in [2.24, 2.45) is 4.99 Å². The number of rotatable bonds is 7. The maximum atomic E-state index is 13.4. The highest BCUT2D eigenvalue weighted by molar-refractivity contribution is 7.16. The molecule has 188 valence electrons. The number of hydrogen-bond donors (Lipinski definition) is 1. The molecule has 36 heavy (non-hydrogen) atoms. The highest BCUT2D eigenvalue weighted by atomic mass is 35.5. The van der Waals surface area contributed by atoms with Crippen LogP contribution in [0.15, 0.2) is 47.5 Å². The molecule has 0 unspecified atom stereocenters. The monoisotopic (exact) mass is 524 g/mol. The van der Waals surface area contributed by atoms with Gasteiger partial charge < -0.3 is 10.1 Å². The Kier molecular flexibility index (Phi) is 8.02. The molecule has 0 radical (unpaired) electrons. The van der Waals surface area contributed by atoms with Gasteiger partial charge in [0.15, 0.2) is 0 Å². The number of nitrogens with zero attached hydrogens (tertiary/aromatic N) is 1. The van der Waals surface area contributed by atoms with Gasteiger partial charge in [-0.2, -0.15) is 0 Å². The molecule has 1 amide bonds. The molecule has 1 saturated carbocycles. The summed E-state index contributed by atoms with van der Waals surface area (Å²) < 4.78 is 19.2. The Morgan fingerprint density at radius 3 is 2.67 bits per heavy atom. The van der Waals surface area contributed by atoms with Crippen molar-refractivity contribution in [1.82, 2.24) is 5.32 Å². The van der Waals surface area contributed by atoms with Crippen LogP contribution < -0.4 is 10.1 Å². The Hall–Kier alpha value is -2.70. The van der Waals surface area contributed by atoms with E-state index in [9.17, 15) is 9.18 Å². The van der Waals surface area contributed by atoms with Crippen molar-refractivity contribution in [1.29, 1.82) is 0 Å². The quantitative estimate of drug-likeness (QED) is 0.320. The molecule has 1 N–H and O–H groups in total. The van der Waals surface area contributed by atoms with Gasteiger partial charge in [-0.15, -0.1) is 11.3 Å². The minimum atomic E-state index is -0.278. The number of amides is 1. The molecule has 1 heterocycles. The molecule has 2 aromatic carbocycles. The number of carbonyl (C=O) groups excluding carboxylic acids is 1. The molecule has 5 rings (SSSR count). The predicted octanol–water partition coefficient (Wildman–Crippen LogP) is 7.81. The molecule has 0 saturated heterocycles. The first-order valence-corrected chi connectivity index (χ1v) is 13.9. The Morgan fingerprint density at radius 2 is 1.86 bits per heavy atom. The largest absolute Gasteiger partial charge is 0.488 e. The van der Waals surface area contributed by atoms with Gasteiger partial charge in [0.05, 0.1) is 5.56 Å². The molecule has 0 aliphatic heterocycles. The average Bonchev–Trinajstić information content (AvgIpc) is 3.27. The van der Waals surface area contributed by atoms with E-state index in [-0.39, 0.29) is 17.8 Å². The van der Waals surface area contributed by atoms with E-state index in [1.165, 1.54) is 41.8 Å². The number of nitrogens with one attached hydrogen (secondary N) is 1. The van der Waals surface area contributed by atoms with Gasteiger partial charge in [-0.05, 0) is 80.0 Å². The zero-order chi connectivity index (χ0) is 24.9. The first kappa shape index (κ1) is 25.0. The van der Waals surface area contributed by atoms with Gasteiger partial charge in [0.2, 0.25) is 0 Å². The molecule has 0 spiro atoms. The van der Waals surface area contributed by atoms with E-state index in [0.29, 0.717) is 17.4 Å². The summed E-state index contributed by atoms with van der Waals surface area (Å²) in [6.45, 7) is 0.297. The van der Waals surface area contributed by atoms with Crippen molar-refractivity contribution in [3.63, 3.8) is 0 Å². The normalized spacial score (nSPS) is 16.2. The first-order valence-electron chi connectivity index (χ1n) is 12.7. The smallest absolute Gasteiger partial charge is 0.254 e. The highest BCUT2D eigenvalue weighted by Gasteiger charge is 2.27. The molecule has 1 fully saturated rings. The predicted molar refractivity (Wildman–Crippen MR) is 145 cm³/mol. The third-order valence-electron chi connectivity index (χ3n) is 6.92. The van der Waals surface area contributed by atoms with Crippen LogP contribution in [0, 0.1) is 5.82 Å². The molecule has 4 nitrogen and oxygen atoms in total. The van der Waals surface area contributed by atoms with Crippen LogP contribution in [0.2, 0.25) is 5.02 Å². The van der Waals surface area contributed by atoms with Crippen molar-refractivity contribution in [3.05, 3.63) is 80.4 Å². The number of hydrogen-bond acceptors (Lipinski definition) is 4. The van der Waals surface area contributed by atoms with Crippen LogP contribution in [0.5, 0.6) is 5.75 Å². The fourth-order valence-electron chi connectivity index (χ4n) is 5.00. The van der Waals surface area contributed by atoms with Crippen LogP contribution in [-0.2, 0) is 19.4 Å². The fraction of sp³-hybridized carbons (Fsp3) is 0.379. The number of ether oxygens (including phenoxy) is 1.